The van der Waals surface area contributed by atoms with E-state index in [0.717, 1.165) is 31.5 Å². The lowest BCUT2D eigenvalue weighted by molar-refractivity contribution is -0.119. The van der Waals surface area contributed by atoms with Gasteiger partial charge in [0.05, 0.1) is 18.8 Å². The summed E-state index contributed by atoms with van der Waals surface area (Å²) in [4.78, 5) is 14.1. The van der Waals surface area contributed by atoms with Crippen LogP contribution in [0.25, 0.3) is 0 Å². The van der Waals surface area contributed by atoms with E-state index in [4.69, 9.17) is 4.74 Å². The monoisotopic (exact) mass is 347 g/mol. The molecule has 2 atom stereocenters. The third kappa shape index (κ3) is 6.89. The first-order chi connectivity index (χ1) is 12.1. The van der Waals surface area contributed by atoms with Crippen LogP contribution in [0.3, 0.4) is 0 Å². The molecular weight excluding hydrogens is 314 g/mol. The van der Waals surface area contributed by atoms with Gasteiger partial charge < -0.3 is 14.7 Å². The number of ether oxygens (including phenoxy) is 1. The molecule has 2 rings (SSSR count). The first-order valence-corrected chi connectivity index (χ1v) is 9.71. The number of carbonyl (C=O) groups excluding carboxylic acids is 1. The van der Waals surface area contributed by atoms with Gasteiger partial charge in [-0.3, -0.25) is 4.79 Å². The minimum Gasteiger partial charge on any atom is -0.389 e. The molecule has 0 bridgehead atoms. The number of Topliss-reactive ketones (excluding diaryl/α,β-unsaturated/α-hetero) is 1. The van der Waals surface area contributed by atoms with Crippen molar-refractivity contribution in [3.63, 3.8) is 0 Å². The number of rotatable bonds is 11. The molecular formula is C21H33NO3. The molecule has 4 heteroatoms. The zero-order chi connectivity index (χ0) is 18.1. The number of likely N-dealkylation sites (tertiary alicyclic amines) is 1. The van der Waals surface area contributed by atoms with Crippen molar-refractivity contribution in [1.29, 1.82) is 0 Å². The highest BCUT2D eigenvalue weighted by molar-refractivity contribution is 5.78. The van der Waals surface area contributed by atoms with Gasteiger partial charge >= 0.3 is 0 Å². The third-order valence-corrected chi connectivity index (χ3v) is 4.90. The smallest absolute Gasteiger partial charge is 0.133 e. The number of hydrogen-bond donors (Lipinski definition) is 1. The van der Waals surface area contributed by atoms with Crippen LogP contribution in [0, 0.1) is 0 Å². The summed E-state index contributed by atoms with van der Waals surface area (Å²) in [6.07, 6.45) is 4.87. The molecule has 0 radical (unpaired) electrons. The molecule has 4 nitrogen and oxygen atoms in total. The topological polar surface area (TPSA) is 49.8 Å². The molecule has 1 saturated heterocycles. The van der Waals surface area contributed by atoms with Gasteiger partial charge in [-0.25, -0.2) is 0 Å². The highest BCUT2D eigenvalue weighted by Gasteiger charge is 2.18. The number of aliphatic hydroxyl groups is 1. The molecule has 1 heterocycles. The Morgan fingerprint density at radius 2 is 1.96 bits per heavy atom. The van der Waals surface area contributed by atoms with Crippen molar-refractivity contribution < 1.29 is 14.6 Å². The lowest BCUT2D eigenvalue weighted by Gasteiger charge is -2.22. The van der Waals surface area contributed by atoms with Crippen molar-refractivity contribution in [2.24, 2.45) is 0 Å². The van der Waals surface area contributed by atoms with Crippen molar-refractivity contribution in [3.8, 4) is 0 Å². The Labute approximate surface area is 152 Å². The molecule has 0 amide bonds. The molecule has 0 spiro atoms. The summed E-state index contributed by atoms with van der Waals surface area (Å²) in [5.41, 5.74) is 2.30. The molecule has 1 aromatic rings. The van der Waals surface area contributed by atoms with Crippen LogP contribution in [0.5, 0.6) is 0 Å². The molecule has 140 valence electrons. The van der Waals surface area contributed by atoms with Crippen LogP contribution in [-0.4, -0.2) is 48.1 Å². The van der Waals surface area contributed by atoms with Crippen LogP contribution >= 0.6 is 0 Å². The Balaban J connectivity index is 1.83. The minimum absolute atomic E-state index is 0.0781. The number of carbonyl (C=O) groups is 1. The van der Waals surface area contributed by atoms with Crippen molar-refractivity contribution in [2.45, 2.75) is 64.6 Å². The number of aryl methyl sites for hydroxylation is 1. The van der Waals surface area contributed by atoms with Gasteiger partial charge in [0.25, 0.3) is 0 Å². The molecule has 1 aliphatic rings. The van der Waals surface area contributed by atoms with Crippen LogP contribution in [-0.2, 0) is 16.0 Å². The van der Waals surface area contributed by atoms with E-state index in [0.29, 0.717) is 31.8 Å². The summed E-state index contributed by atoms with van der Waals surface area (Å²) >= 11 is 0. The van der Waals surface area contributed by atoms with E-state index >= 15 is 0 Å². The SMILES string of the molecule is CCCC(=O)CCc1ccccc1C(C)OCC(O)CN1CCCC1. The van der Waals surface area contributed by atoms with E-state index in [1.165, 1.54) is 18.4 Å². The lowest BCUT2D eigenvalue weighted by atomic mass is 9.97. The van der Waals surface area contributed by atoms with Crippen molar-refractivity contribution >= 4 is 5.78 Å². The van der Waals surface area contributed by atoms with Crippen LogP contribution in [0.1, 0.15) is 63.2 Å². The van der Waals surface area contributed by atoms with E-state index in [2.05, 4.69) is 17.0 Å². The summed E-state index contributed by atoms with van der Waals surface area (Å²) in [7, 11) is 0. The summed E-state index contributed by atoms with van der Waals surface area (Å²) in [6, 6.07) is 8.16. The van der Waals surface area contributed by atoms with Crippen molar-refractivity contribution in [1.82, 2.24) is 4.90 Å². The van der Waals surface area contributed by atoms with Crippen LogP contribution in [0.4, 0.5) is 0 Å². The van der Waals surface area contributed by atoms with Gasteiger partial charge in [-0.15, -0.1) is 0 Å². The number of benzene rings is 1. The molecule has 0 aromatic heterocycles. The second-order valence-corrected chi connectivity index (χ2v) is 7.12. The molecule has 0 aliphatic carbocycles. The maximum Gasteiger partial charge on any atom is 0.133 e. The number of β-amino-alcohol motifs (C(OH)–C–C–N with tert-alkyl or cyclic N) is 1. The van der Waals surface area contributed by atoms with E-state index in [1.807, 2.05) is 26.0 Å². The lowest BCUT2D eigenvalue weighted by Crippen LogP contribution is -2.33. The molecule has 1 aromatic carbocycles. The number of hydrogen-bond acceptors (Lipinski definition) is 4. The van der Waals surface area contributed by atoms with Crippen molar-refractivity contribution in [2.75, 3.05) is 26.2 Å². The van der Waals surface area contributed by atoms with Crippen LogP contribution in [0.2, 0.25) is 0 Å². The fourth-order valence-corrected chi connectivity index (χ4v) is 3.50. The van der Waals surface area contributed by atoms with Crippen LogP contribution in [0.15, 0.2) is 24.3 Å². The number of nitrogens with zero attached hydrogens (tertiary/aromatic N) is 1. The Hall–Kier alpha value is -1.23. The molecule has 1 fully saturated rings. The average Bonchev–Trinajstić information content (AvgIpc) is 3.11. The van der Waals surface area contributed by atoms with Gasteiger partial charge in [0, 0.05) is 19.4 Å². The van der Waals surface area contributed by atoms with Crippen molar-refractivity contribution in [3.05, 3.63) is 35.4 Å². The highest BCUT2D eigenvalue weighted by Crippen LogP contribution is 2.23. The first kappa shape index (κ1) is 20.1. The van der Waals surface area contributed by atoms with Gasteiger partial charge in [-0.2, -0.15) is 0 Å². The van der Waals surface area contributed by atoms with E-state index in [9.17, 15) is 9.90 Å². The highest BCUT2D eigenvalue weighted by atomic mass is 16.5. The van der Waals surface area contributed by atoms with Gasteiger partial charge in [0.15, 0.2) is 0 Å². The fraction of sp³-hybridized carbons (Fsp3) is 0.667. The zero-order valence-electron chi connectivity index (χ0n) is 15.7. The molecule has 1 N–H and O–H groups in total. The maximum absolute atomic E-state index is 11.8. The first-order valence-electron chi connectivity index (χ1n) is 9.71. The third-order valence-electron chi connectivity index (χ3n) is 4.90. The van der Waals surface area contributed by atoms with Crippen LogP contribution < -0.4 is 0 Å². The normalized spacial score (nSPS) is 17.6. The maximum atomic E-state index is 11.8. The molecule has 2 unspecified atom stereocenters. The molecule has 1 aliphatic heterocycles. The number of aliphatic hydroxyl groups excluding tert-OH is 1. The predicted octanol–water partition coefficient (Wildman–Crippen LogP) is 3.52. The fourth-order valence-electron chi connectivity index (χ4n) is 3.50. The second kappa shape index (κ2) is 10.7. The Kier molecular flexibility index (Phi) is 8.59. The Bertz CT molecular complexity index is 526. The van der Waals surface area contributed by atoms with Gasteiger partial charge in [-0.1, -0.05) is 31.2 Å². The van der Waals surface area contributed by atoms with E-state index in [-0.39, 0.29) is 6.10 Å². The van der Waals surface area contributed by atoms with E-state index in [1.54, 1.807) is 0 Å². The second-order valence-electron chi connectivity index (χ2n) is 7.12. The Morgan fingerprint density at radius 1 is 1.24 bits per heavy atom. The zero-order valence-corrected chi connectivity index (χ0v) is 15.7. The predicted molar refractivity (Wildman–Crippen MR) is 101 cm³/mol. The minimum atomic E-state index is -0.446. The average molecular weight is 347 g/mol. The largest absolute Gasteiger partial charge is 0.389 e. The summed E-state index contributed by atoms with van der Waals surface area (Å²) in [6.45, 7) is 7.27. The summed E-state index contributed by atoms with van der Waals surface area (Å²) < 4.78 is 5.93. The summed E-state index contributed by atoms with van der Waals surface area (Å²) in [5.74, 6) is 0.326. The molecule has 0 saturated carbocycles. The standard InChI is InChI=1S/C21H33NO3/c1-3-8-19(23)12-11-18-9-4-5-10-21(18)17(2)25-16-20(24)15-22-13-6-7-14-22/h4-5,9-10,17,20,24H,3,6-8,11-16H2,1-2H3. The van der Waals surface area contributed by atoms with Gasteiger partial charge in [-0.05, 0) is 56.8 Å². The molecule has 25 heavy (non-hydrogen) atoms. The van der Waals surface area contributed by atoms with Gasteiger partial charge in [0.2, 0.25) is 0 Å². The number of ketones is 1. The van der Waals surface area contributed by atoms with E-state index < -0.39 is 6.10 Å². The Morgan fingerprint density at radius 3 is 2.68 bits per heavy atom. The quantitative estimate of drug-likeness (QED) is 0.665. The van der Waals surface area contributed by atoms with Gasteiger partial charge in [0.1, 0.15) is 5.78 Å². The summed E-state index contributed by atoms with van der Waals surface area (Å²) in [5, 5.41) is 10.2.